The summed E-state index contributed by atoms with van der Waals surface area (Å²) in [6.45, 7) is 7.09. The van der Waals surface area contributed by atoms with E-state index in [0.717, 1.165) is 16.0 Å². The van der Waals surface area contributed by atoms with Gasteiger partial charge in [-0.3, -0.25) is 4.79 Å². The number of likely N-dealkylation sites (tertiary alicyclic amines) is 1. The van der Waals surface area contributed by atoms with Gasteiger partial charge >= 0.3 is 6.18 Å². The summed E-state index contributed by atoms with van der Waals surface area (Å²) < 4.78 is 58.8. The summed E-state index contributed by atoms with van der Waals surface area (Å²) >= 11 is 1.04. The second-order valence-corrected chi connectivity index (χ2v) is 12.3. The number of anilines is 1. The van der Waals surface area contributed by atoms with Gasteiger partial charge in [-0.25, -0.2) is 9.07 Å². The fourth-order valence-corrected chi connectivity index (χ4v) is 5.58. The van der Waals surface area contributed by atoms with Gasteiger partial charge in [-0.1, -0.05) is 23.5 Å². The number of rotatable bonds is 7. The smallest absolute Gasteiger partial charge is 0.377 e. The van der Waals surface area contributed by atoms with Crippen molar-refractivity contribution in [2.75, 3.05) is 25.5 Å². The van der Waals surface area contributed by atoms with Crippen LogP contribution in [0, 0.1) is 0 Å². The molecule has 3 aromatic heterocycles. The minimum absolute atomic E-state index is 0.0490. The van der Waals surface area contributed by atoms with Gasteiger partial charge in [0.25, 0.3) is 5.91 Å². The van der Waals surface area contributed by atoms with Crippen LogP contribution in [-0.2, 0) is 18.5 Å². The number of hydrogen-bond acceptors (Lipinski definition) is 7. The Bertz CT molecular complexity index is 1540. The molecule has 1 aliphatic rings. The van der Waals surface area contributed by atoms with Crippen molar-refractivity contribution in [3.63, 3.8) is 0 Å². The van der Waals surface area contributed by atoms with E-state index in [4.69, 9.17) is 0 Å². The zero-order chi connectivity index (χ0) is 29.5. The summed E-state index contributed by atoms with van der Waals surface area (Å²) in [4.78, 5) is 14.6. The second-order valence-electron chi connectivity index (χ2n) is 11.3. The standard InChI is InChI=1S/C27H32F4N8OS/c1-26(2,3)38-11-8-16(14-38)24(40)32-13-22-34-35-25(41-22)39-21(12-27(29,30)31)17-6-5-7-20(23(17)36-39)33-19-9-10-37(4)15-18(19)28/h5-8,11,14,18-19,33H,9-10,12-13,15H2,1-4H3,(H,32,40)/t18-,19+/m0/s1. The van der Waals surface area contributed by atoms with E-state index >= 15 is 0 Å². The Hall–Kier alpha value is -3.52. The molecule has 2 atom stereocenters. The van der Waals surface area contributed by atoms with Crippen LogP contribution in [0.1, 0.15) is 48.3 Å². The van der Waals surface area contributed by atoms with E-state index in [-0.39, 0.29) is 35.4 Å². The minimum atomic E-state index is -4.50. The van der Waals surface area contributed by atoms with Gasteiger partial charge in [-0.2, -0.15) is 18.3 Å². The highest BCUT2D eigenvalue weighted by Crippen LogP contribution is 2.33. The summed E-state index contributed by atoms with van der Waals surface area (Å²) in [5.41, 5.74) is 0.971. The van der Waals surface area contributed by atoms with Crippen molar-refractivity contribution in [1.29, 1.82) is 0 Å². The van der Waals surface area contributed by atoms with Crippen LogP contribution in [0.15, 0.2) is 36.7 Å². The second kappa shape index (κ2) is 11.0. The summed E-state index contributed by atoms with van der Waals surface area (Å²) in [6.07, 6.45) is -2.74. The van der Waals surface area contributed by atoms with E-state index in [1.165, 1.54) is 0 Å². The predicted molar refractivity (Wildman–Crippen MR) is 149 cm³/mol. The van der Waals surface area contributed by atoms with Crippen molar-refractivity contribution < 1.29 is 22.4 Å². The molecular formula is C27H32F4N8OS. The molecule has 0 spiro atoms. The molecule has 4 heterocycles. The third kappa shape index (κ3) is 6.53. The summed E-state index contributed by atoms with van der Waals surface area (Å²) in [7, 11) is 1.85. The number of nitrogens with one attached hydrogen (secondary N) is 2. The van der Waals surface area contributed by atoms with Crippen molar-refractivity contribution in [1.82, 2.24) is 34.8 Å². The van der Waals surface area contributed by atoms with Crippen LogP contribution in [-0.4, -0.2) is 73.9 Å². The Morgan fingerprint density at radius 1 is 1.17 bits per heavy atom. The molecular weight excluding hydrogens is 560 g/mol. The highest BCUT2D eigenvalue weighted by Gasteiger charge is 2.33. The van der Waals surface area contributed by atoms with Crippen LogP contribution >= 0.6 is 11.3 Å². The van der Waals surface area contributed by atoms with Gasteiger partial charge in [0.15, 0.2) is 0 Å². The zero-order valence-electron chi connectivity index (χ0n) is 23.2. The Morgan fingerprint density at radius 3 is 2.63 bits per heavy atom. The molecule has 220 valence electrons. The molecule has 1 amide bonds. The summed E-state index contributed by atoms with van der Waals surface area (Å²) in [5, 5.41) is 19.5. The molecule has 0 bridgehead atoms. The van der Waals surface area contributed by atoms with Gasteiger partial charge in [0.2, 0.25) is 5.13 Å². The lowest BCUT2D eigenvalue weighted by atomic mass is 10.0. The number of carbonyl (C=O) groups is 1. The van der Waals surface area contributed by atoms with E-state index in [9.17, 15) is 22.4 Å². The van der Waals surface area contributed by atoms with Crippen LogP contribution in [0.4, 0.5) is 23.2 Å². The van der Waals surface area contributed by atoms with E-state index < -0.39 is 24.8 Å². The van der Waals surface area contributed by atoms with Crippen LogP contribution < -0.4 is 10.6 Å². The van der Waals surface area contributed by atoms with E-state index in [1.807, 2.05) is 43.5 Å². The predicted octanol–water partition coefficient (Wildman–Crippen LogP) is 4.92. The molecule has 4 aromatic rings. The maximum Gasteiger partial charge on any atom is 0.394 e. The number of hydrogen-bond donors (Lipinski definition) is 2. The number of carbonyl (C=O) groups excluding carboxylic acids is 1. The maximum absolute atomic E-state index is 14.7. The SMILES string of the molecule is CN1CC[C@@H](Nc2cccc3c(CC(F)(F)F)n(-c4nnc(CNC(=O)c5ccn(C(C)(C)C)c5)s4)nc23)[C@@H](F)C1. The molecule has 5 rings (SSSR count). The highest BCUT2D eigenvalue weighted by molar-refractivity contribution is 7.13. The quantitative estimate of drug-likeness (QED) is 0.296. The number of piperidine rings is 1. The van der Waals surface area contributed by atoms with Crippen molar-refractivity contribution in [3.05, 3.63) is 52.9 Å². The van der Waals surface area contributed by atoms with Gasteiger partial charge < -0.3 is 20.1 Å². The van der Waals surface area contributed by atoms with Gasteiger partial charge in [-0.15, -0.1) is 10.2 Å². The van der Waals surface area contributed by atoms with Crippen LogP contribution in [0.25, 0.3) is 16.0 Å². The minimum Gasteiger partial charge on any atom is -0.377 e. The normalized spacial score (nSPS) is 18.6. The molecule has 0 saturated carbocycles. The number of nitrogens with zero attached hydrogens (tertiary/aromatic N) is 6. The van der Waals surface area contributed by atoms with E-state index in [1.54, 1.807) is 30.5 Å². The number of amides is 1. The van der Waals surface area contributed by atoms with Crippen molar-refractivity contribution in [3.8, 4) is 5.13 Å². The van der Waals surface area contributed by atoms with E-state index in [2.05, 4.69) is 25.9 Å². The van der Waals surface area contributed by atoms with Crippen LogP contribution in [0.3, 0.4) is 0 Å². The Morgan fingerprint density at radius 2 is 1.95 bits per heavy atom. The molecule has 14 heteroatoms. The largest absolute Gasteiger partial charge is 0.394 e. The average molecular weight is 593 g/mol. The first kappa shape index (κ1) is 29.0. The Labute approximate surface area is 238 Å². The molecule has 1 fully saturated rings. The van der Waals surface area contributed by atoms with Gasteiger partial charge in [0.1, 0.15) is 16.7 Å². The monoisotopic (exact) mass is 592 g/mol. The summed E-state index contributed by atoms with van der Waals surface area (Å²) in [6, 6.07) is 6.12. The van der Waals surface area contributed by atoms with Crippen molar-refractivity contribution in [2.45, 2.75) is 64.1 Å². The molecule has 0 unspecified atom stereocenters. The number of benzene rings is 1. The number of aromatic nitrogens is 5. The number of fused-ring (bicyclic) bond motifs is 1. The molecule has 1 saturated heterocycles. The van der Waals surface area contributed by atoms with Gasteiger partial charge in [0.05, 0.1) is 36.0 Å². The summed E-state index contributed by atoms with van der Waals surface area (Å²) in [5.74, 6) is -0.303. The highest BCUT2D eigenvalue weighted by atomic mass is 32.1. The molecule has 0 aliphatic carbocycles. The van der Waals surface area contributed by atoms with Gasteiger partial charge in [-0.05, 0) is 46.4 Å². The number of alkyl halides is 4. The Kier molecular flexibility index (Phi) is 7.81. The number of halogens is 4. The molecule has 41 heavy (non-hydrogen) atoms. The molecule has 0 radical (unpaired) electrons. The maximum atomic E-state index is 14.7. The molecule has 9 nitrogen and oxygen atoms in total. The first-order valence-electron chi connectivity index (χ1n) is 13.2. The van der Waals surface area contributed by atoms with Crippen LogP contribution in [0.2, 0.25) is 0 Å². The molecule has 2 N–H and O–H groups in total. The lowest BCUT2D eigenvalue weighted by molar-refractivity contribution is -0.127. The molecule has 1 aromatic carbocycles. The molecule has 1 aliphatic heterocycles. The van der Waals surface area contributed by atoms with Crippen LogP contribution in [0.5, 0.6) is 0 Å². The third-order valence-electron chi connectivity index (χ3n) is 7.02. The van der Waals surface area contributed by atoms with Crippen molar-refractivity contribution in [2.24, 2.45) is 0 Å². The Balaban J connectivity index is 1.40. The first-order chi connectivity index (χ1) is 19.3. The fraction of sp³-hybridized carbons (Fsp3) is 0.481. The lowest BCUT2D eigenvalue weighted by Crippen LogP contribution is -2.46. The zero-order valence-corrected chi connectivity index (χ0v) is 24.0. The van der Waals surface area contributed by atoms with Gasteiger partial charge in [0, 0.05) is 36.4 Å². The average Bonchev–Trinajstić information content (AvgIpc) is 3.63. The lowest BCUT2D eigenvalue weighted by Gasteiger charge is -2.33. The topological polar surface area (TPSA) is 92.9 Å². The fourth-order valence-electron chi connectivity index (χ4n) is 4.82. The van der Waals surface area contributed by atoms with E-state index in [0.29, 0.717) is 40.1 Å². The van der Waals surface area contributed by atoms with Crippen molar-refractivity contribution >= 4 is 33.8 Å². The first-order valence-corrected chi connectivity index (χ1v) is 14.1. The third-order valence-corrected chi connectivity index (χ3v) is 7.92.